The number of hydrogen-bond donors (Lipinski definition) is 0. The smallest absolute Gasteiger partial charge is 0.138 e. The minimum Gasteiger partial charge on any atom is -0.493 e. The van der Waals surface area contributed by atoms with Crippen molar-refractivity contribution in [3.63, 3.8) is 0 Å². The van der Waals surface area contributed by atoms with Crippen molar-refractivity contribution in [2.45, 2.75) is 58.0 Å². The molecule has 2 aromatic rings. The van der Waals surface area contributed by atoms with Crippen LogP contribution in [-0.2, 0) is 0 Å². The van der Waals surface area contributed by atoms with Crippen LogP contribution in [-0.4, -0.2) is 68.9 Å². The third-order valence-corrected chi connectivity index (χ3v) is 6.60. The molecule has 1 saturated heterocycles. The fourth-order valence-electron chi connectivity index (χ4n) is 4.69. The van der Waals surface area contributed by atoms with E-state index in [9.17, 15) is 0 Å². The van der Waals surface area contributed by atoms with Crippen molar-refractivity contribution in [2.75, 3.05) is 32.8 Å². The van der Waals surface area contributed by atoms with Gasteiger partial charge in [0.15, 0.2) is 0 Å². The highest BCUT2D eigenvalue weighted by atomic mass is 16.5. The lowest BCUT2D eigenvalue weighted by atomic mass is 9.85. The lowest BCUT2D eigenvalue weighted by molar-refractivity contribution is 0.0264. The minimum absolute atomic E-state index is 0.300. The topological polar surface area (TPSA) is 46.4 Å². The van der Waals surface area contributed by atoms with Gasteiger partial charge in [0.05, 0.1) is 12.3 Å². The van der Waals surface area contributed by atoms with Crippen LogP contribution in [0.5, 0.6) is 5.75 Å². The summed E-state index contributed by atoms with van der Waals surface area (Å²) in [6, 6.07) is 8.88. The molecule has 1 aromatic carbocycles. The third kappa shape index (κ3) is 5.17. The molecule has 1 aromatic heterocycles. The van der Waals surface area contributed by atoms with E-state index in [1.54, 1.807) is 17.3 Å². The molecular formula is C23H35N5O. The average molecular weight is 398 g/mol. The molecule has 0 atom stereocenters. The highest BCUT2D eigenvalue weighted by Gasteiger charge is 2.31. The Kier molecular flexibility index (Phi) is 6.20. The second-order valence-electron chi connectivity index (χ2n) is 9.51. The van der Waals surface area contributed by atoms with Crippen molar-refractivity contribution in [3.05, 3.63) is 36.9 Å². The quantitative estimate of drug-likeness (QED) is 0.771. The maximum Gasteiger partial charge on any atom is 0.138 e. The number of ether oxygens (including phenoxy) is 1. The van der Waals surface area contributed by atoms with E-state index < -0.39 is 0 Å². The lowest BCUT2D eigenvalue weighted by Crippen LogP contribution is -2.56. The molecule has 4 rings (SSSR count). The molecule has 1 aliphatic carbocycles. The lowest BCUT2D eigenvalue weighted by Gasteiger charge is -2.46. The summed E-state index contributed by atoms with van der Waals surface area (Å²) in [6.07, 6.45) is 8.44. The number of aromatic nitrogens is 3. The molecule has 0 amide bonds. The van der Waals surface area contributed by atoms with E-state index in [0.717, 1.165) is 24.1 Å². The molecule has 6 heteroatoms. The zero-order valence-electron chi connectivity index (χ0n) is 18.1. The van der Waals surface area contributed by atoms with Gasteiger partial charge in [-0.3, -0.25) is 9.80 Å². The molecule has 0 radical (unpaired) electrons. The van der Waals surface area contributed by atoms with E-state index in [2.05, 4.69) is 40.7 Å². The van der Waals surface area contributed by atoms with E-state index in [1.807, 2.05) is 24.3 Å². The van der Waals surface area contributed by atoms with Crippen molar-refractivity contribution in [1.29, 1.82) is 0 Å². The van der Waals surface area contributed by atoms with E-state index in [1.165, 1.54) is 51.9 Å². The molecule has 158 valence electrons. The van der Waals surface area contributed by atoms with Crippen LogP contribution in [0.1, 0.15) is 46.5 Å². The Morgan fingerprint density at radius 1 is 0.966 bits per heavy atom. The van der Waals surface area contributed by atoms with Crippen LogP contribution >= 0.6 is 0 Å². The van der Waals surface area contributed by atoms with Crippen molar-refractivity contribution in [1.82, 2.24) is 24.6 Å². The monoisotopic (exact) mass is 397 g/mol. The maximum atomic E-state index is 6.08. The predicted molar refractivity (Wildman–Crippen MR) is 115 cm³/mol. The summed E-state index contributed by atoms with van der Waals surface area (Å²) < 4.78 is 7.84. The summed E-state index contributed by atoms with van der Waals surface area (Å²) >= 11 is 0. The predicted octanol–water partition coefficient (Wildman–Crippen LogP) is 3.62. The zero-order valence-corrected chi connectivity index (χ0v) is 18.1. The molecule has 29 heavy (non-hydrogen) atoms. The van der Waals surface area contributed by atoms with Crippen LogP contribution in [0, 0.1) is 5.92 Å². The Hall–Kier alpha value is -1.92. The van der Waals surface area contributed by atoms with Gasteiger partial charge >= 0.3 is 0 Å². The molecule has 0 N–H and O–H groups in total. The van der Waals surface area contributed by atoms with Crippen LogP contribution in [0.3, 0.4) is 0 Å². The molecule has 0 unspecified atom stereocenters. The molecule has 1 aliphatic heterocycles. The molecule has 0 spiro atoms. The Morgan fingerprint density at radius 3 is 2.24 bits per heavy atom. The van der Waals surface area contributed by atoms with Gasteiger partial charge in [0.25, 0.3) is 0 Å². The van der Waals surface area contributed by atoms with Crippen molar-refractivity contribution < 1.29 is 4.74 Å². The van der Waals surface area contributed by atoms with Gasteiger partial charge in [-0.15, -0.1) is 0 Å². The minimum atomic E-state index is 0.300. The number of piperazine rings is 1. The van der Waals surface area contributed by atoms with Gasteiger partial charge in [-0.1, -0.05) is 0 Å². The standard InChI is InChI=1S/C23H35N5O/c1-23(2,3)27-14-12-26(13-15-27)20-6-4-19(5-7-20)16-29-22-10-8-21(9-11-22)28-18-24-17-25-28/h8-11,17-20H,4-7,12-16H2,1-3H3/t19-,20-. The third-order valence-electron chi connectivity index (χ3n) is 6.60. The normalized spacial score (nSPS) is 24.5. The molecular weight excluding hydrogens is 362 g/mol. The first kappa shape index (κ1) is 20.4. The molecule has 2 aliphatic rings. The Bertz CT molecular complexity index is 737. The maximum absolute atomic E-state index is 6.08. The van der Waals surface area contributed by atoms with Crippen molar-refractivity contribution >= 4 is 0 Å². The van der Waals surface area contributed by atoms with Crippen LogP contribution in [0.15, 0.2) is 36.9 Å². The average Bonchev–Trinajstić information content (AvgIpc) is 3.27. The van der Waals surface area contributed by atoms with Crippen molar-refractivity contribution in [2.24, 2.45) is 5.92 Å². The highest BCUT2D eigenvalue weighted by molar-refractivity contribution is 5.36. The number of hydrogen-bond acceptors (Lipinski definition) is 5. The fraction of sp³-hybridized carbons (Fsp3) is 0.652. The number of rotatable bonds is 5. The van der Waals surface area contributed by atoms with Gasteiger partial charge < -0.3 is 4.74 Å². The Morgan fingerprint density at radius 2 is 1.66 bits per heavy atom. The summed E-state index contributed by atoms with van der Waals surface area (Å²) in [4.78, 5) is 9.35. The first-order valence-electron chi connectivity index (χ1n) is 11.1. The van der Waals surface area contributed by atoms with E-state index >= 15 is 0 Å². The van der Waals surface area contributed by atoms with Crippen LogP contribution < -0.4 is 4.74 Å². The summed E-state index contributed by atoms with van der Waals surface area (Å²) in [5.74, 6) is 1.62. The van der Waals surface area contributed by atoms with E-state index in [-0.39, 0.29) is 0 Å². The van der Waals surface area contributed by atoms with Gasteiger partial charge in [0.1, 0.15) is 18.4 Å². The van der Waals surface area contributed by atoms with E-state index in [4.69, 9.17) is 4.74 Å². The fourth-order valence-corrected chi connectivity index (χ4v) is 4.69. The molecule has 2 fully saturated rings. The second kappa shape index (κ2) is 8.84. The van der Waals surface area contributed by atoms with Gasteiger partial charge in [-0.2, -0.15) is 5.10 Å². The van der Waals surface area contributed by atoms with Gasteiger partial charge in [0.2, 0.25) is 0 Å². The highest BCUT2D eigenvalue weighted by Crippen LogP contribution is 2.29. The number of nitrogens with zero attached hydrogens (tertiary/aromatic N) is 5. The van der Waals surface area contributed by atoms with Gasteiger partial charge in [-0.25, -0.2) is 9.67 Å². The largest absolute Gasteiger partial charge is 0.493 e. The first-order chi connectivity index (χ1) is 14.0. The summed E-state index contributed by atoms with van der Waals surface area (Å²) in [6.45, 7) is 12.7. The van der Waals surface area contributed by atoms with Crippen LogP contribution in [0.2, 0.25) is 0 Å². The summed E-state index contributed by atoms with van der Waals surface area (Å²) in [5, 5.41) is 4.16. The first-order valence-corrected chi connectivity index (χ1v) is 11.1. The Balaban J connectivity index is 1.19. The van der Waals surface area contributed by atoms with Gasteiger partial charge in [0, 0.05) is 37.8 Å². The SMILES string of the molecule is CC(C)(C)N1CCN([C@H]2CC[C@H](COc3ccc(-n4cncn4)cc3)CC2)CC1. The summed E-state index contributed by atoms with van der Waals surface area (Å²) in [5.41, 5.74) is 1.30. The molecule has 2 heterocycles. The van der Waals surface area contributed by atoms with Crippen LogP contribution in [0.25, 0.3) is 5.69 Å². The second-order valence-corrected chi connectivity index (χ2v) is 9.51. The van der Waals surface area contributed by atoms with E-state index in [0.29, 0.717) is 11.5 Å². The van der Waals surface area contributed by atoms with Gasteiger partial charge in [-0.05, 0) is 76.6 Å². The Labute approximate surface area is 174 Å². The van der Waals surface area contributed by atoms with Crippen molar-refractivity contribution in [3.8, 4) is 11.4 Å². The molecule has 0 bridgehead atoms. The summed E-state index contributed by atoms with van der Waals surface area (Å²) in [7, 11) is 0. The number of benzene rings is 1. The zero-order chi connectivity index (χ0) is 20.3. The molecule has 6 nitrogen and oxygen atoms in total. The van der Waals surface area contributed by atoms with Crippen LogP contribution in [0.4, 0.5) is 0 Å². The molecule has 1 saturated carbocycles.